The van der Waals surface area contributed by atoms with Gasteiger partial charge in [-0.15, -0.1) is 24.0 Å². The molecule has 1 N–H and O–H groups in total. The number of ether oxygens (including phenoxy) is 2. The van der Waals surface area contributed by atoms with Gasteiger partial charge in [-0.25, -0.2) is 0 Å². The molecule has 2 heterocycles. The van der Waals surface area contributed by atoms with Crippen molar-refractivity contribution < 1.29 is 22.8 Å². The van der Waals surface area contributed by atoms with E-state index in [4.69, 9.17) is 14.3 Å². The number of nitrogens with one attached hydrogen (secondary N) is 1. The van der Waals surface area contributed by atoms with Crippen LogP contribution < -0.4 is 14.8 Å². The Bertz CT molecular complexity index is 831. The SMILES string of the molecule is CCNC(=NCCc1ccc(OC)c(OC(F)F)c1)N1CCN(Cc2ccon2)CC1.I. The van der Waals surface area contributed by atoms with Gasteiger partial charge in [0.15, 0.2) is 17.5 Å². The standard InChI is InChI=1S/C21H29F2N5O3.HI/c1-3-24-21(28-11-9-27(10-12-28)15-17-7-13-30-26-17)25-8-6-16-4-5-18(29-2)19(14-16)31-20(22)23;/h4-5,7,13-14,20H,3,6,8-12,15H2,1-2H3,(H,24,25);1H. The molecule has 1 aliphatic rings. The summed E-state index contributed by atoms with van der Waals surface area (Å²) in [7, 11) is 1.42. The Morgan fingerprint density at radius 3 is 2.62 bits per heavy atom. The van der Waals surface area contributed by atoms with Crippen LogP contribution in [0.4, 0.5) is 8.78 Å². The van der Waals surface area contributed by atoms with Crippen molar-refractivity contribution in [2.24, 2.45) is 4.99 Å². The van der Waals surface area contributed by atoms with Gasteiger partial charge in [-0.3, -0.25) is 9.89 Å². The molecule has 1 fully saturated rings. The summed E-state index contributed by atoms with van der Waals surface area (Å²) in [5.74, 6) is 1.18. The zero-order valence-electron chi connectivity index (χ0n) is 18.3. The summed E-state index contributed by atoms with van der Waals surface area (Å²) in [6, 6.07) is 6.93. The van der Waals surface area contributed by atoms with E-state index in [1.54, 1.807) is 18.4 Å². The Kier molecular flexibility index (Phi) is 10.9. The predicted molar refractivity (Wildman–Crippen MR) is 128 cm³/mol. The molecule has 0 amide bonds. The fraction of sp³-hybridized carbons (Fsp3) is 0.524. The van der Waals surface area contributed by atoms with Crippen LogP contribution in [0.25, 0.3) is 0 Å². The molecule has 1 aromatic heterocycles. The van der Waals surface area contributed by atoms with Gasteiger partial charge in [0.1, 0.15) is 6.26 Å². The molecule has 0 unspecified atom stereocenters. The lowest BCUT2D eigenvalue weighted by molar-refractivity contribution is -0.0512. The van der Waals surface area contributed by atoms with Gasteiger partial charge >= 0.3 is 6.61 Å². The molecule has 11 heteroatoms. The summed E-state index contributed by atoms with van der Waals surface area (Å²) in [6.07, 6.45) is 2.19. The van der Waals surface area contributed by atoms with Gasteiger partial charge in [0.05, 0.1) is 12.8 Å². The van der Waals surface area contributed by atoms with Gasteiger partial charge in [-0.1, -0.05) is 11.2 Å². The van der Waals surface area contributed by atoms with Gasteiger partial charge < -0.3 is 24.2 Å². The Hall–Kier alpha value is -2.15. The lowest BCUT2D eigenvalue weighted by Crippen LogP contribution is -2.52. The van der Waals surface area contributed by atoms with Crippen molar-refractivity contribution >= 4 is 29.9 Å². The normalized spacial score (nSPS) is 14.9. The maximum absolute atomic E-state index is 12.6. The largest absolute Gasteiger partial charge is 0.493 e. The van der Waals surface area contributed by atoms with Crippen LogP contribution in [-0.2, 0) is 13.0 Å². The van der Waals surface area contributed by atoms with E-state index in [0.717, 1.165) is 56.5 Å². The number of rotatable bonds is 9. The molecular weight excluding hydrogens is 535 g/mol. The fourth-order valence-corrected chi connectivity index (χ4v) is 3.45. The van der Waals surface area contributed by atoms with E-state index in [9.17, 15) is 8.78 Å². The predicted octanol–water partition coefficient (Wildman–Crippen LogP) is 3.23. The number of nitrogens with zero attached hydrogens (tertiary/aromatic N) is 4. The molecule has 8 nitrogen and oxygen atoms in total. The molecule has 1 saturated heterocycles. The van der Waals surface area contributed by atoms with Crippen LogP contribution in [-0.4, -0.2) is 73.9 Å². The molecule has 0 aliphatic carbocycles. The number of halogens is 3. The topological polar surface area (TPSA) is 75.4 Å². The molecule has 1 aromatic carbocycles. The molecular formula is C21H30F2IN5O3. The summed E-state index contributed by atoms with van der Waals surface area (Å²) in [5.41, 5.74) is 1.79. The number of guanidine groups is 1. The Balaban J connectivity index is 0.00000363. The minimum Gasteiger partial charge on any atom is -0.493 e. The van der Waals surface area contributed by atoms with Gasteiger partial charge in [0.25, 0.3) is 0 Å². The van der Waals surface area contributed by atoms with Crippen LogP contribution >= 0.6 is 24.0 Å². The zero-order chi connectivity index (χ0) is 22.1. The smallest absolute Gasteiger partial charge is 0.387 e. The first-order valence-electron chi connectivity index (χ1n) is 10.4. The van der Waals surface area contributed by atoms with E-state index in [2.05, 4.69) is 25.0 Å². The molecule has 2 aromatic rings. The van der Waals surface area contributed by atoms with Crippen molar-refractivity contribution in [1.82, 2.24) is 20.3 Å². The van der Waals surface area contributed by atoms with Crippen LogP contribution in [0.1, 0.15) is 18.2 Å². The zero-order valence-corrected chi connectivity index (χ0v) is 20.6. The maximum Gasteiger partial charge on any atom is 0.387 e. The van der Waals surface area contributed by atoms with E-state index in [-0.39, 0.29) is 35.5 Å². The average molecular weight is 565 g/mol. The number of methoxy groups -OCH3 is 1. The van der Waals surface area contributed by atoms with Crippen LogP contribution in [0.5, 0.6) is 11.5 Å². The highest BCUT2D eigenvalue weighted by atomic mass is 127. The number of hydrogen-bond acceptors (Lipinski definition) is 6. The van der Waals surface area contributed by atoms with Gasteiger partial charge in [-0.2, -0.15) is 8.78 Å². The molecule has 178 valence electrons. The van der Waals surface area contributed by atoms with Crippen molar-refractivity contribution in [3.63, 3.8) is 0 Å². The summed E-state index contributed by atoms with van der Waals surface area (Å²) < 4.78 is 39.8. The maximum atomic E-state index is 12.6. The highest BCUT2D eigenvalue weighted by Gasteiger charge is 2.20. The number of piperazine rings is 1. The van der Waals surface area contributed by atoms with Crippen LogP contribution in [0.15, 0.2) is 40.0 Å². The average Bonchev–Trinajstić information content (AvgIpc) is 3.27. The summed E-state index contributed by atoms with van der Waals surface area (Å²) in [4.78, 5) is 9.30. The molecule has 0 spiro atoms. The number of hydrogen-bond donors (Lipinski definition) is 1. The third kappa shape index (κ3) is 7.76. The highest BCUT2D eigenvalue weighted by Crippen LogP contribution is 2.29. The summed E-state index contributed by atoms with van der Waals surface area (Å²) in [5, 5.41) is 7.31. The highest BCUT2D eigenvalue weighted by molar-refractivity contribution is 14.0. The second-order valence-corrected chi connectivity index (χ2v) is 7.10. The molecule has 0 atom stereocenters. The van der Waals surface area contributed by atoms with Crippen LogP contribution in [0.3, 0.4) is 0 Å². The summed E-state index contributed by atoms with van der Waals surface area (Å²) >= 11 is 0. The molecule has 1 aliphatic heterocycles. The first-order valence-corrected chi connectivity index (χ1v) is 10.4. The monoisotopic (exact) mass is 565 g/mol. The van der Waals surface area contributed by atoms with Crippen molar-refractivity contribution in [1.29, 1.82) is 0 Å². The van der Waals surface area contributed by atoms with Gasteiger partial charge in [-0.05, 0) is 31.0 Å². The second-order valence-electron chi connectivity index (χ2n) is 7.10. The van der Waals surface area contributed by atoms with Crippen LogP contribution in [0, 0.1) is 0 Å². The molecule has 3 rings (SSSR count). The number of benzene rings is 1. The van der Waals surface area contributed by atoms with Crippen molar-refractivity contribution in [3.8, 4) is 11.5 Å². The van der Waals surface area contributed by atoms with E-state index < -0.39 is 6.61 Å². The number of aromatic nitrogens is 1. The molecule has 32 heavy (non-hydrogen) atoms. The first kappa shape index (κ1) is 26.1. The third-order valence-electron chi connectivity index (χ3n) is 4.99. The van der Waals surface area contributed by atoms with Crippen molar-refractivity contribution in [2.45, 2.75) is 26.5 Å². The minimum absolute atomic E-state index is 0. The van der Waals surface area contributed by atoms with Crippen molar-refractivity contribution in [3.05, 3.63) is 41.8 Å². The van der Waals surface area contributed by atoms with Gasteiger partial charge in [0.2, 0.25) is 0 Å². The fourth-order valence-electron chi connectivity index (χ4n) is 3.45. The quantitative estimate of drug-likeness (QED) is 0.285. The van der Waals surface area contributed by atoms with E-state index >= 15 is 0 Å². The van der Waals surface area contributed by atoms with E-state index in [1.165, 1.54) is 7.11 Å². The third-order valence-corrected chi connectivity index (χ3v) is 4.99. The number of alkyl halides is 2. The minimum atomic E-state index is -2.90. The second kappa shape index (κ2) is 13.4. The lowest BCUT2D eigenvalue weighted by Gasteiger charge is -2.36. The Morgan fingerprint density at radius 1 is 1.22 bits per heavy atom. The van der Waals surface area contributed by atoms with Crippen LogP contribution in [0.2, 0.25) is 0 Å². The molecule has 0 saturated carbocycles. The molecule has 0 radical (unpaired) electrons. The van der Waals surface area contributed by atoms with Crippen molar-refractivity contribution in [2.75, 3.05) is 46.4 Å². The Labute approximate surface area is 203 Å². The van der Waals surface area contributed by atoms with Gasteiger partial charge in [0, 0.05) is 51.9 Å². The summed E-state index contributed by atoms with van der Waals surface area (Å²) in [6.45, 7) is 4.75. The Morgan fingerprint density at radius 2 is 2.00 bits per heavy atom. The number of aliphatic imine (C=N–C) groups is 1. The first-order chi connectivity index (χ1) is 15.1. The van der Waals surface area contributed by atoms with E-state index in [1.807, 2.05) is 19.1 Å². The lowest BCUT2D eigenvalue weighted by atomic mass is 10.1. The van der Waals surface area contributed by atoms with E-state index in [0.29, 0.717) is 13.0 Å². The molecule has 0 bridgehead atoms.